The first kappa shape index (κ1) is 25.9. The number of sulfonamides is 1. The van der Waals surface area contributed by atoms with Crippen LogP contribution in [-0.4, -0.2) is 34.0 Å². The number of hydrogen-bond acceptors (Lipinski definition) is 7. The first-order valence-corrected chi connectivity index (χ1v) is 12.2. The third-order valence-corrected chi connectivity index (χ3v) is 6.65. The van der Waals surface area contributed by atoms with E-state index in [2.05, 4.69) is 14.4 Å². The lowest BCUT2D eigenvalue weighted by Crippen LogP contribution is -2.21. The zero-order valence-corrected chi connectivity index (χ0v) is 20.6. The molecule has 0 saturated carbocycles. The zero-order valence-electron chi connectivity index (χ0n) is 19.8. The molecule has 0 unspecified atom stereocenters. The fourth-order valence-electron chi connectivity index (χ4n) is 3.62. The molecule has 0 amide bonds. The third kappa shape index (κ3) is 5.64. The summed E-state index contributed by atoms with van der Waals surface area (Å²) in [5, 5.41) is 0.656. The van der Waals surface area contributed by atoms with Gasteiger partial charge in [0.25, 0.3) is 10.0 Å². The number of hydrogen-bond donors (Lipinski definition) is 1. The van der Waals surface area contributed by atoms with Gasteiger partial charge in [-0.25, -0.2) is 8.42 Å². The van der Waals surface area contributed by atoms with E-state index in [0.717, 1.165) is 12.1 Å². The molecule has 0 fully saturated rings. The van der Waals surface area contributed by atoms with E-state index < -0.39 is 27.0 Å². The number of anilines is 1. The van der Waals surface area contributed by atoms with Gasteiger partial charge in [0.2, 0.25) is 0 Å². The molecular weight excluding hydrogens is 513 g/mol. The summed E-state index contributed by atoms with van der Waals surface area (Å²) in [5.74, 6) is 0.979. The SMILES string of the molecule is COc1ccc2c(Oc3ccc(NS(=O)(=O)c4ccccc4OC(F)(F)F)c(C)c3)ccnc2c1OC. The van der Waals surface area contributed by atoms with Crippen LogP contribution in [0.1, 0.15) is 5.56 Å². The molecule has 0 aliphatic rings. The summed E-state index contributed by atoms with van der Waals surface area (Å²) in [5.41, 5.74) is 1.15. The number of fused-ring (bicyclic) bond motifs is 1. The lowest BCUT2D eigenvalue weighted by molar-refractivity contribution is -0.275. The van der Waals surface area contributed by atoms with E-state index in [4.69, 9.17) is 14.2 Å². The fourth-order valence-corrected chi connectivity index (χ4v) is 4.88. The maximum Gasteiger partial charge on any atom is 0.573 e. The lowest BCUT2D eigenvalue weighted by atomic mass is 10.1. The number of pyridine rings is 1. The van der Waals surface area contributed by atoms with Crippen LogP contribution >= 0.6 is 0 Å². The minimum absolute atomic E-state index is 0.153. The second-order valence-corrected chi connectivity index (χ2v) is 9.34. The van der Waals surface area contributed by atoms with Gasteiger partial charge in [-0.1, -0.05) is 12.1 Å². The maximum absolute atomic E-state index is 12.9. The first-order valence-electron chi connectivity index (χ1n) is 10.7. The topological polar surface area (TPSA) is 96.0 Å². The predicted molar refractivity (Wildman–Crippen MR) is 130 cm³/mol. The number of rotatable bonds is 8. The van der Waals surface area contributed by atoms with E-state index in [1.54, 1.807) is 37.4 Å². The Bertz CT molecular complexity index is 1560. The van der Waals surface area contributed by atoms with Crippen LogP contribution in [-0.2, 0) is 10.0 Å². The number of nitrogens with one attached hydrogen (secondary N) is 1. The quantitative estimate of drug-likeness (QED) is 0.294. The minimum Gasteiger partial charge on any atom is -0.493 e. The molecule has 37 heavy (non-hydrogen) atoms. The van der Waals surface area contributed by atoms with Crippen molar-refractivity contribution in [2.24, 2.45) is 0 Å². The monoisotopic (exact) mass is 534 g/mol. The Balaban J connectivity index is 1.61. The number of ether oxygens (including phenoxy) is 4. The molecule has 1 heterocycles. The van der Waals surface area contributed by atoms with E-state index in [-0.39, 0.29) is 5.69 Å². The van der Waals surface area contributed by atoms with Gasteiger partial charge in [-0.05, 0) is 61.0 Å². The van der Waals surface area contributed by atoms with Gasteiger partial charge in [0.05, 0.1) is 19.9 Å². The van der Waals surface area contributed by atoms with Gasteiger partial charge in [0.15, 0.2) is 11.5 Å². The van der Waals surface area contributed by atoms with Gasteiger partial charge in [-0.3, -0.25) is 9.71 Å². The number of aryl methyl sites for hydroxylation is 1. The minimum atomic E-state index is -5.05. The molecule has 12 heteroatoms. The molecule has 194 valence electrons. The standard InChI is InChI=1S/C25H21F3N2O6S/c1-15-14-16(35-19-12-13-29-23-17(19)9-11-21(33-2)24(23)34-3)8-10-18(15)30-37(31,32)22-7-5-4-6-20(22)36-25(26,27)28/h4-14,30H,1-3H3. The summed E-state index contributed by atoms with van der Waals surface area (Å²) in [6, 6.07) is 14.2. The van der Waals surface area contributed by atoms with E-state index in [0.29, 0.717) is 39.5 Å². The van der Waals surface area contributed by atoms with Crippen molar-refractivity contribution in [3.05, 3.63) is 72.4 Å². The zero-order chi connectivity index (χ0) is 26.8. The highest BCUT2D eigenvalue weighted by Crippen LogP contribution is 2.39. The summed E-state index contributed by atoms with van der Waals surface area (Å²) in [6.45, 7) is 1.63. The average Bonchev–Trinajstić information content (AvgIpc) is 2.84. The van der Waals surface area contributed by atoms with Crippen LogP contribution in [0.4, 0.5) is 18.9 Å². The highest BCUT2D eigenvalue weighted by molar-refractivity contribution is 7.92. The number of benzene rings is 3. The van der Waals surface area contributed by atoms with Gasteiger partial charge >= 0.3 is 6.36 Å². The van der Waals surface area contributed by atoms with Crippen molar-refractivity contribution in [2.45, 2.75) is 18.2 Å². The Morgan fingerprint density at radius 3 is 2.32 bits per heavy atom. The molecule has 0 spiro atoms. The van der Waals surface area contributed by atoms with Gasteiger partial charge in [0, 0.05) is 11.6 Å². The molecule has 0 aliphatic heterocycles. The molecule has 8 nitrogen and oxygen atoms in total. The van der Waals surface area contributed by atoms with Gasteiger partial charge < -0.3 is 18.9 Å². The Morgan fingerprint density at radius 2 is 1.65 bits per heavy atom. The van der Waals surface area contributed by atoms with E-state index in [1.165, 1.54) is 38.5 Å². The lowest BCUT2D eigenvalue weighted by Gasteiger charge is -2.16. The number of alkyl halides is 3. The Hall–Kier alpha value is -4.19. The summed E-state index contributed by atoms with van der Waals surface area (Å²) in [6.07, 6.45) is -3.50. The smallest absolute Gasteiger partial charge is 0.493 e. The molecule has 0 aliphatic carbocycles. The first-order chi connectivity index (χ1) is 17.5. The molecule has 4 rings (SSSR count). The van der Waals surface area contributed by atoms with Gasteiger partial charge in [-0.15, -0.1) is 13.2 Å². The largest absolute Gasteiger partial charge is 0.573 e. The highest BCUT2D eigenvalue weighted by atomic mass is 32.2. The van der Waals surface area contributed by atoms with E-state index >= 15 is 0 Å². The predicted octanol–water partition coefficient (Wildman–Crippen LogP) is 6.05. The second-order valence-electron chi connectivity index (χ2n) is 7.69. The van der Waals surface area contributed by atoms with Crippen LogP contribution in [0.15, 0.2) is 71.8 Å². The Kier molecular flexibility index (Phi) is 7.03. The van der Waals surface area contributed by atoms with Crippen LogP contribution in [0.5, 0.6) is 28.7 Å². The molecule has 0 saturated heterocycles. The van der Waals surface area contributed by atoms with E-state index in [1.807, 2.05) is 0 Å². The fraction of sp³-hybridized carbons (Fsp3) is 0.160. The van der Waals surface area contributed by atoms with Crippen LogP contribution in [0.3, 0.4) is 0 Å². The van der Waals surface area contributed by atoms with Gasteiger partial charge in [-0.2, -0.15) is 0 Å². The van der Waals surface area contributed by atoms with Crippen LogP contribution in [0, 0.1) is 6.92 Å². The summed E-state index contributed by atoms with van der Waals surface area (Å²) < 4.78 is 86.9. The van der Waals surface area contributed by atoms with E-state index in [9.17, 15) is 21.6 Å². The van der Waals surface area contributed by atoms with Crippen LogP contribution < -0.4 is 23.7 Å². The summed E-state index contributed by atoms with van der Waals surface area (Å²) in [4.78, 5) is 3.70. The number of nitrogens with zero attached hydrogens (tertiary/aromatic N) is 1. The number of methoxy groups -OCH3 is 2. The van der Waals surface area contributed by atoms with Crippen LogP contribution in [0.2, 0.25) is 0 Å². The van der Waals surface area contributed by atoms with Crippen molar-refractivity contribution >= 4 is 26.6 Å². The molecule has 1 aromatic heterocycles. The Morgan fingerprint density at radius 1 is 0.892 bits per heavy atom. The molecule has 0 radical (unpaired) electrons. The Labute approximate surface area is 210 Å². The van der Waals surface area contributed by atoms with Crippen molar-refractivity contribution < 1.29 is 40.5 Å². The molecule has 0 atom stereocenters. The molecule has 0 bridgehead atoms. The number of aromatic nitrogens is 1. The van der Waals surface area contributed by atoms with Crippen LogP contribution in [0.25, 0.3) is 10.9 Å². The summed E-state index contributed by atoms with van der Waals surface area (Å²) >= 11 is 0. The van der Waals surface area contributed by atoms with Gasteiger partial charge in [0.1, 0.15) is 27.7 Å². The third-order valence-electron chi connectivity index (χ3n) is 5.25. The maximum atomic E-state index is 12.9. The van der Waals surface area contributed by atoms with Crippen molar-refractivity contribution in [1.29, 1.82) is 0 Å². The molecule has 1 N–H and O–H groups in total. The number of para-hydroxylation sites is 1. The van der Waals surface area contributed by atoms with Crippen molar-refractivity contribution in [2.75, 3.05) is 18.9 Å². The number of halogens is 3. The van der Waals surface area contributed by atoms with Crippen molar-refractivity contribution in [3.8, 4) is 28.7 Å². The highest BCUT2D eigenvalue weighted by Gasteiger charge is 2.34. The normalized spacial score (nSPS) is 11.7. The average molecular weight is 535 g/mol. The summed E-state index contributed by atoms with van der Waals surface area (Å²) in [7, 11) is -1.38. The van der Waals surface area contributed by atoms with Crippen molar-refractivity contribution in [1.82, 2.24) is 4.98 Å². The van der Waals surface area contributed by atoms with Crippen molar-refractivity contribution in [3.63, 3.8) is 0 Å². The molecule has 3 aromatic carbocycles. The molecular formula is C25H21F3N2O6S. The molecule has 4 aromatic rings. The second kappa shape index (κ2) is 10.1.